The summed E-state index contributed by atoms with van der Waals surface area (Å²) in [6.07, 6.45) is 1.91. The van der Waals surface area contributed by atoms with Crippen LogP contribution in [0, 0.1) is 17.7 Å². The number of hydrogen-bond donors (Lipinski definition) is 0. The second-order valence-electron chi connectivity index (χ2n) is 5.40. The van der Waals surface area contributed by atoms with Crippen molar-refractivity contribution in [2.75, 3.05) is 19.8 Å². The highest BCUT2D eigenvalue weighted by Crippen LogP contribution is 2.24. The molecule has 0 amide bonds. The summed E-state index contributed by atoms with van der Waals surface area (Å²) in [5.41, 5.74) is 0.976. The van der Waals surface area contributed by atoms with Gasteiger partial charge in [-0.15, -0.1) is 0 Å². The van der Waals surface area contributed by atoms with E-state index in [9.17, 15) is 4.39 Å². The Labute approximate surface area is 108 Å². The fraction of sp³-hybridized carbons (Fsp3) is 0.600. The van der Waals surface area contributed by atoms with Gasteiger partial charge in [0.15, 0.2) is 0 Å². The van der Waals surface area contributed by atoms with Crippen molar-refractivity contribution >= 4 is 0 Å². The minimum absolute atomic E-state index is 0.187. The van der Waals surface area contributed by atoms with Crippen molar-refractivity contribution in [3.63, 3.8) is 0 Å². The quantitative estimate of drug-likeness (QED) is 0.772. The highest BCUT2D eigenvalue weighted by atomic mass is 19.1. The Kier molecular flexibility index (Phi) is 4.59. The van der Waals surface area contributed by atoms with Crippen molar-refractivity contribution in [3.05, 3.63) is 29.6 Å². The van der Waals surface area contributed by atoms with Gasteiger partial charge in [0.25, 0.3) is 0 Å². The molecule has 0 radical (unpaired) electrons. The first-order valence-electron chi connectivity index (χ1n) is 6.64. The number of aryl methyl sites for hydroxylation is 1. The Morgan fingerprint density at radius 3 is 2.78 bits per heavy atom. The topological polar surface area (TPSA) is 18.5 Å². The van der Waals surface area contributed by atoms with Crippen molar-refractivity contribution in [2.45, 2.75) is 26.7 Å². The Morgan fingerprint density at radius 2 is 2.17 bits per heavy atom. The first-order valence-corrected chi connectivity index (χ1v) is 6.64. The zero-order valence-corrected chi connectivity index (χ0v) is 11.1. The SMILES string of the molecule is CC(C)CCc1cc(F)ccc1OCC1COC1. The van der Waals surface area contributed by atoms with Gasteiger partial charge in [-0.1, -0.05) is 13.8 Å². The Hall–Kier alpha value is -1.09. The zero-order chi connectivity index (χ0) is 13.0. The van der Waals surface area contributed by atoms with Crippen LogP contribution in [-0.2, 0) is 11.2 Å². The van der Waals surface area contributed by atoms with E-state index in [1.165, 1.54) is 6.07 Å². The Bertz CT molecular complexity index is 386. The van der Waals surface area contributed by atoms with Crippen LogP contribution in [-0.4, -0.2) is 19.8 Å². The lowest BCUT2D eigenvalue weighted by Gasteiger charge is -2.26. The van der Waals surface area contributed by atoms with Gasteiger partial charge in [-0.25, -0.2) is 4.39 Å². The largest absolute Gasteiger partial charge is 0.493 e. The first-order chi connectivity index (χ1) is 8.65. The maximum Gasteiger partial charge on any atom is 0.123 e. The minimum atomic E-state index is -0.187. The van der Waals surface area contributed by atoms with Gasteiger partial charge in [-0.3, -0.25) is 0 Å². The van der Waals surface area contributed by atoms with Crippen LogP contribution in [0.4, 0.5) is 4.39 Å². The summed E-state index contributed by atoms with van der Waals surface area (Å²) in [5.74, 6) is 1.74. The molecule has 0 aromatic heterocycles. The second kappa shape index (κ2) is 6.19. The third-order valence-electron chi connectivity index (χ3n) is 3.20. The standard InChI is InChI=1S/C15H21FO2/c1-11(2)3-4-13-7-14(16)5-6-15(13)18-10-12-8-17-9-12/h5-7,11-12H,3-4,8-10H2,1-2H3. The number of ether oxygens (including phenoxy) is 2. The second-order valence-corrected chi connectivity index (χ2v) is 5.40. The molecule has 100 valence electrons. The summed E-state index contributed by atoms with van der Waals surface area (Å²) in [6.45, 7) is 6.57. The maximum atomic E-state index is 13.3. The average molecular weight is 252 g/mol. The summed E-state index contributed by atoms with van der Waals surface area (Å²) < 4.78 is 24.2. The lowest BCUT2D eigenvalue weighted by molar-refractivity contribution is -0.0509. The summed E-state index contributed by atoms with van der Waals surface area (Å²) in [6, 6.07) is 4.80. The predicted octanol–water partition coefficient (Wildman–Crippen LogP) is 3.44. The van der Waals surface area contributed by atoms with E-state index in [-0.39, 0.29) is 5.82 Å². The highest BCUT2D eigenvalue weighted by Gasteiger charge is 2.19. The van der Waals surface area contributed by atoms with Crippen LogP contribution in [0.25, 0.3) is 0 Å². The molecule has 0 bridgehead atoms. The van der Waals surface area contributed by atoms with Crippen LogP contribution in [0.15, 0.2) is 18.2 Å². The van der Waals surface area contributed by atoms with E-state index < -0.39 is 0 Å². The summed E-state index contributed by atoms with van der Waals surface area (Å²) in [5, 5.41) is 0. The third-order valence-corrected chi connectivity index (χ3v) is 3.20. The molecule has 0 atom stereocenters. The van der Waals surface area contributed by atoms with Gasteiger partial charge in [0.05, 0.1) is 19.8 Å². The van der Waals surface area contributed by atoms with Crippen LogP contribution in [0.2, 0.25) is 0 Å². The fourth-order valence-corrected chi connectivity index (χ4v) is 1.92. The van der Waals surface area contributed by atoms with E-state index in [4.69, 9.17) is 9.47 Å². The van der Waals surface area contributed by atoms with Gasteiger partial charge in [0.1, 0.15) is 11.6 Å². The van der Waals surface area contributed by atoms with E-state index >= 15 is 0 Å². The number of rotatable bonds is 6. The van der Waals surface area contributed by atoms with Gasteiger partial charge in [0, 0.05) is 5.92 Å². The molecule has 0 unspecified atom stereocenters. The monoisotopic (exact) mass is 252 g/mol. The minimum Gasteiger partial charge on any atom is -0.493 e. The molecule has 0 saturated carbocycles. The number of hydrogen-bond acceptors (Lipinski definition) is 2. The van der Waals surface area contributed by atoms with Crippen molar-refractivity contribution in [3.8, 4) is 5.75 Å². The molecular formula is C15H21FO2. The third kappa shape index (κ3) is 3.70. The van der Waals surface area contributed by atoms with Crippen LogP contribution < -0.4 is 4.74 Å². The molecule has 1 aliphatic heterocycles. The van der Waals surface area contributed by atoms with E-state index in [0.29, 0.717) is 18.4 Å². The molecule has 2 nitrogen and oxygen atoms in total. The zero-order valence-electron chi connectivity index (χ0n) is 11.1. The van der Waals surface area contributed by atoms with Crippen molar-refractivity contribution in [1.29, 1.82) is 0 Å². The molecule has 1 aromatic carbocycles. The Morgan fingerprint density at radius 1 is 1.39 bits per heavy atom. The number of benzene rings is 1. The van der Waals surface area contributed by atoms with Crippen molar-refractivity contribution in [1.82, 2.24) is 0 Å². The molecule has 3 heteroatoms. The maximum absolute atomic E-state index is 13.3. The molecule has 0 N–H and O–H groups in total. The normalized spacial score (nSPS) is 15.8. The van der Waals surface area contributed by atoms with Crippen LogP contribution >= 0.6 is 0 Å². The molecule has 1 aromatic rings. The van der Waals surface area contributed by atoms with Gasteiger partial charge >= 0.3 is 0 Å². The molecule has 1 fully saturated rings. The molecule has 1 aliphatic rings. The van der Waals surface area contributed by atoms with Crippen LogP contribution in [0.1, 0.15) is 25.8 Å². The molecule has 1 saturated heterocycles. The van der Waals surface area contributed by atoms with Crippen molar-refractivity contribution < 1.29 is 13.9 Å². The summed E-state index contributed by atoms with van der Waals surface area (Å²) in [4.78, 5) is 0. The Balaban J connectivity index is 1.97. The molecule has 1 heterocycles. The van der Waals surface area contributed by atoms with Crippen molar-refractivity contribution in [2.24, 2.45) is 11.8 Å². The average Bonchev–Trinajstić information content (AvgIpc) is 2.26. The van der Waals surface area contributed by atoms with Gasteiger partial charge in [-0.05, 0) is 42.5 Å². The fourth-order valence-electron chi connectivity index (χ4n) is 1.92. The van der Waals surface area contributed by atoms with E-state index in [2.05, 4.69) is 13.8 Å². The van der Waals surface area contributed by atoms with E-state index in [1.54, 1.807) is 12.1 Å². The smallest absolute Gasteiger partial charge is 0.123 e. The molecule has 18 heavy (non-hydrogen) atoms. The molecule has 0 spiro atoms. The summed E-state index contributed by atoms with van der Waals surface area (Å²) in [7, 11) is 0. The van der Waals surface area contributed by atoms with Gasteiger partial charge in [0.2, 0.25) is 0 Å². The lowest BCUT2D eigenvalue weighted by Crippen LogP contribution is -2.32. The molecule has 2 rings (SSSR count). The highest BCUT2D eigenvalue weighted by molar-refractivity contribution is 5.34. The van der Waals surface area contributed by atoms with Crippen LogP contribution in [0.3, 0.4) is 0 Å². The lowest BCUT2D eigenvalue weighted by atomic mass is 10.0. The molecule has 0 aliphatic carbocycles. The van der Waals surface area contributed by atoms with Crippen LogP contribution in [0.5, 0.6) is 5.75 Å². The molecular weight excluding hydrogens is 231 g/mol. The van der Waals surface area contributed by atoms with E-state index in [0.717, 1.165) is 37.4 Å². The number of halogens is 1. The van der Waals surface area contributed by atoms with Gasteiger partial charge in [-0.2, -0.15) is 0 Å². The van der Waals surface area contributed by atoms with Gasteiger partial charge < -0.3 is 9.47 Å². The summed E-state index contributed by atoms with van der Waals surface area (Å²) >= 11 is 0. The predicted molar refractivity (Wildman–Crippen MR) is 69.4 cm³/mol. The van der Waals surface area contributed by atoms with E-state index in [1.807, 2.05) is 0 Å². The first kappa shape index (κ1) is 13.3.